The van der Waals surface area contributed by atoms with E-state index in [1.165, 1.54) is 11.8 Å². The van der Waals surface area contributed by atoms with E-state index >= 15 is 0 Å². The minimum atomic E-state index is -0.941. The molecule has 0 fully saturated rings. The Kier molecular flexibility index (Phi) is 2.99. The van der Waals surface area contributed by atoms with Crippen molar-refractivity contribution in [2.45, 2.75) is 19.4 Å². The average molecular weight is 235 g/mol. The zero-order chi connectivity index (χ0) is 12.4. The number of carboxylic acids is 1. The van der Waals surface area contributed by atoms with Crippen LogP contribution in [-0.2, 0) is 9.59 Å². The fourth-order valence-electron chi connectivity index (χ4n) is 2.01. The number of carbonyl (C=O) groups is 2. The van der Waals surface area contributed by atoms with Gasteiger partial charge in [0.25, 0.3) is 0 Å². The van der Waals surface area contributed by atoms with Crippen LogP contribution >= 0.6 is 0 Å². The molecule has 2 rings (SSSR count). The molecule has 0 aromatic heterocycles. The molecule has 17 heavy (non-hydrogen) atoms. The van der Waals surface area contributed by atoms with Gasteiger partial charge in [-0.25, -0.2) is 0 Å². The van der Waals surface area contributed by atoms with Crippen LogP contribution in [0.25, 0.3) is 0 Å². The van der Waals surface area contributed by atoms with Gasteiger partial charge in [0.05, 0.1) is 18.2 Å². The lowest BCUT2D eigenvalue weighted by Crippen LogP contribution is -2.46. The number of carbonyl (C=O) groups excluding carboxylic acids is 1. The summed E-state index contributed by atoms with van der Waals surface area (Å²) in [6.07, 6.45) is -0.117. The second-order valence-electron chi connectivity index (χ2n) is 3.92. The maximum Gasteiger partial charge on any atom is 0.305 e. The van der Waals surface area contributed by atoms with Gasteiger partial charge in [-0.1, -0.05) is 12.1 Å². The SMILES string of the molecule is CC(=O)N1c2ccccc2OC[C@@H]1CC(=O)O. The smallest absolute Gasteiger partial charge is 0.305 e. The molecule has 1 amide bonds. The largest absolute Gasteiger partial charge is 0.489 e. The van der Waals surface area contributed by atoms with Gasteiger partial charge >= 0.3 is 5.97 Å². The van der Waals surface area contributed by atoms with Crippen molar-refractivity contribution < 1.29 is 19.4 Å². The number of aliphatic carboxylic acids is 1. The number of amides is 1. The quantitative estimate of drug-likeness (QED) is 0.838. The number of benzene rings is 1. The number of hydrogen-bond donors (Lipinski definition) is 1. The van der Waals surface area contributed by atoms with E-state index in [9.17, 15) is 9.59 Å². The zero-order valence-electron chi connectivity index (χ0n) is 9.42. The average Bonchev–Trinajstić information content (AvgIpc) is 2.27. The molecule has 1 aromatic carbocycles. The van der Waals surface area contributed by atoms with E-state index in [0.717, 1.165) is 0 Å². The summed E-state index contributed by atoms with van der Waals surface area (Å²) >= 11 is 0. The Morgan fingerprint density at radius 3 is 2.82 bits per heavy atom. The molecule has 0 radical (unpaired) electrons. The van der Waals surface area contributed by atoms with Crippen LogP contribution in [0.4, 0.5) is 5.69 Å². The van der Waals surface area contributed by atoms with E-state index in [2.05, 4.69) is 0 Å². The molecule has 1 N–H and O–H groups in total. The Balaban J connectivity index is 2.36. The first-order chi connectivity index (χ1) is 8.09. The van der Waals surface area contributed by atoms with Crippen molar-refractivity contribution in [2.75, 3.05) is 11.5 Å². The molecule has 5 nitrogen and oxygen atoms in total. The first-order valence-electron chi connectivity index (χ1n) is 5.33. The molecule has 1 atom stereocenters. The van der Waals surface area contributed by atoms with Gasteiger partial charge in [-0.15, -0.1) is 0 Å². The lowest BCUT2D eigenvalue weighted by Gasteiger charge is -2.35. The third kappa shape index (κ3) is 2.22. The molecular formula is C12H13NO4. The van der Waals surface area contributed by atoms with Gasteiger partial charge in [0.2, 0.25) is 5.91 Å². The number of para-hydroxylation sites is 2. The van der Waals surface area contributed by atoms with E-state index in [4.69, 9.17) is 9.84 Å². The van der Waals surface area contributed by atoms with Crippen molar-refractivity contribution in [1.29, 1.82) is 0 Å². The first kappa shape index (κ1) is 11.4. The Morgan fingerprint density at radius 1 is 1.47 bits per heavy atom. The monoisotopic (exact) mass is 235 g/mol. The highest BCUT2D eigenvalue weighted by Crippen LogP contribution is 2.34. The van der Waals surface area contributed by atoms with Gasteiger partial charge in [0.15, 0.2) is 0 Å². The number of hydrogen-bond acceptors (Lipinski definition) is 3. The van der Waals surface area contributed by atoms with Crippen LogP contribution < -0.4 is 9.64 Å². The van der Waals surface area contributed by atoms with Crippen LogP contribution in [0.15, 0.2) is 24.3 Å². The highest BCUT2D eigenvalue weighted by Gasteiger charge is 2.31. The Bertz CT molecular complexity index is 458. The van der Waals surface area contributed by atoms with E-state index < -0.39 is 12.0 Å². The normalized spacial score (nSPS) is 18.2. The molecule has 0 saturated heterocycles. The molecule has 0 aliphatic carbocycles. The van der Waals surface area contributed by atoms with Gasteiger partial charge in [-0.3, -0.25) is 9.59 Å². The maximum atomic E-state index is 11.6. The topological polar surface area (TPSA) is 66.8 Å². The van der Waals surface area contributed by atoms with Crippen molar-refractivity contribution >= 4 is 17.6 Å². The molecule has 1 aliphatic rings. The van der Waals surface area contributed by atoms with E-state index in [0.29, 0.717) is 11.4 Å². The Labute approximate surface area is 98.6 Å². The second kappa shape index (κ2) is 4.45. The standard InChI is InChI=1S/C12H13NO4/c1-8(14)13-9(6-12(15)16)7-17-11-5-3-2-4-10(11)13/h2-5,9H,6-7H2,1H3,(H,15,16)/t9-/m0/s1. The van der Waals surface area contributed by atoms with Gasteiger partial charge in [-0.05, 0) is 12.1 Å². The first-order valence-corrected chi connectivity index (χ1v) is 5.33. The molecule has 0 spiro atoms. The predicted molar refractivity (Wildman–Crippen MR) is 61.1 cm³/mol. The Hall–Kier alpha value is -2.04. The van der Waals surface area contributed by atoms with Gasteiger partial charge in [0.1, 0.15) is 12.4 Å². The van der Waals surface area contributed by atoms with Crippen LogP contribution in [0.1, 0.15) is 13.3 Å². The summed E-state index contributed by atoms with van der Waals surface area (Å²) < 4.78 is 5.46. The van der Waals surface area contributed by atoms with Crippen LogP contribution in [0.5, 0.6) is 5.75 Å². The summed E-state index contributed by atoms with van der Waals surface area (Å²) in [5, 5.41) is 8.82. The van der Waals surface area contributed by atoms with Crippen molar-refractivity contribution in [3.05, 3.63) is 24.3 Å². The summed E-state index contributed by atoms with van der Waals surface area (Å²) in [6, 6.07) is 6.68. The Morgan fingerprint density at radius 2 is 2.18 bits per heavy atom. The third-order valence-electron chi connectivity index (χ3n) is 2.67. The molecule has 0 unspecified atom stereocenters. The van der Waals surface area contributed by atoms with Gasteiger partial charge in [0, 0.05) is 6.92 Å². The molecule has 1 aromatic rings. The van der Waals surface area contributed by atoms with Crippen LogP contribution in [-0.4, -0.2) is 29.6 Å². The van der Waals surface area contributed by atoms with Gasteiger partial charge in [-0.2, -0.15) is 0 Å². The van der Waals surface area contributed by atoms with Crippen molar-refractivity contribution in [3.8, 4) is 5.75 Å². The highest BCUT2D eigenvalue weighted by molar-refractivity contribution is 5.95. The lowest BCUT2D eigenvalue weighted by molar-refractivity contribution is -0.137. The number of carboxylic acid groups (broad SMARTS) is 1. The summed E-state index contributed by atoms with van der Waals surface area (Å²) in [5.41, 5.74) is 0.637. The molecule has 5 heteroatoms. The summed E-state index contributed by atoms with van der Waals surface area (Å²) in [7, 11) is 0. The summed E-state index contributed by atoms with van der Waals surface area (Å²) in [5.74, 6) is -0.499. The maximum absolute atomic E-state index is 11.6. The molecule has 1 aliphatic heterocycles. The predicted octanol–water partition coefficient (Wildman–Crippen LogP) is 1.28. The fourth-order valence-corrected chi connectivity index (χ4v) is 2.01. The summed E-state index contributed by atoms with van der Waals surface area (Å²) in [4.78, 5) is 23.9. The number of rotatable bonds is 2. The van der Waals surface area contributed by atoms with Crippen LogP contribution in [0.3, 0.4) is 0 Å². The number of anilines is 1. The fraction of sp³-hybridized carbons (Fsp3) is 0.333. The van der Waals surface area contributed by atoms with E-state index in [1.807, 2.05) is 6.07 Å². The zero-order valence-corrected chi connectivity index (χ0v) is 9.42. The van der Waals surface area contributed by atoms with Crippen molar-refractivity contribution in [2.24, 2.45) is 0 Å². The van der Waals surface area contributed by atoms with E-state index in [1.54, 1.807) is 18.2 Å². The van der Waals surface area contributed by atoms with Crippen LogP contribution in [0.2, 0.25) is 0 Å². The number of fused-ring (bicyclic) bond motifs is 1. The second-order valence-corrected chi connectivity index (χ2v) is 3.92. The molecule has 90 valence electrons. The van der Waals surface area contributed by atoms with Crippen LogP contribution in [0, 0.1) is 0 Å². The highest BCUT2D eigenvalue weighted by atomic mass is 16.5. The number of nitrogens with zero attached hydrogens (tertiary/aromatic N) is 1. The van der Waals surface area contributed by atoms with Crippen molar-refractivity contribution in [1.82, 2.24) is 0 Å². The summed E-state index contributed by atoms with van der Waals surface area (Å²) in [6.45, 7) is 1.64. The molecule has 0 bridgehead atoms. The van der Waals surface area contributed by atoms with Gasteiger partial charge < -0.3 is 14.7 Å². The molecule has 0 saturated carbocycles. The third-order valence-corrected chi connectivity index (χ3v) is 2.67. The van der Waals surface area contributed by atoms with Crippen molar-refractivity contribution in [3.63, 3.8) is 0 Å². The van der Waals surface area contributed by atoms with E-state index in [-0.39, 0.29) is 18.9 Å². The molecule has 1 heterocycles. The minimum absolute atomic E-state index is 0.117. The lowest BCUT2D eigenvalue weighted by atomic mass is 10.1. The molecular weight excluding hydrogens is 222 g/mol. The minimum Gasteiger partial charge on any atom is -0.489 e. The number of ether oxygens (including phenoxy) is 1.